The maximum Gasteiger partial charge on any atom is 0.337 e. The molecule has 4 nitrogen and oxygen atoms in total. The SMILES string of the molecule is Nc1cc(C(=O)/C=C/c2ccccc2)ccc1C(=O)O. The van der Waals surface area contributed by atoms with Crippen LogP contribution in [0.4, 0.5) is 5.69 Å². The number of carbonyl (C=O) groups is 2. The Labute approximate surface area is 116 Å². The summed E-state index contributed by atoms with van der Waals surface area (Å²) < 4.78 is 0. The van der Waals surface area contributed by atoms with E-state index in [1.165, 1.54) is 24.3 Å². The number of allylic oxidation sites excluding steroid dienone is 1. The molecule has 0 atom stereocenters. The van der Waals surface area contributed by atoms with E-state index in [2.05, 4.69) is 0 Å². The lowest BCUT2D eigenvalue weighted by molar-refractivity contribution is 0.0697. The zero-order valence-electron chi connectivity index (χ0n) is 10.6. The topological polar surface area (TPSA) is 80.4 Å². The van der Waals surface area contributed by atoms with Crippen LogP contribution < -0.4 is 5.73 Å². The van der Waals surface area contributed by atoms with Gasteiger partial charge in [-0.25, -0.2) is 4.79 Å². The van der Waals surface area contributed by atoms with Gasteiger partial charge < -0.3 is 10.8 Å². The zero-order chi connectivity index (χ0) is 14.5. The first-order chi connectivity index (χ1) is 9.58. The number of aromatic carboxylic acids is 1. The van der Waals surface area contributed by atoms with Gasteiger partial charge in [0.2, 0.25) is 0 Å². The monoisotopic (exact) mass is 267 g/mol. The summed E-state index contributed by atoms with van der Waals surface area (Å²) in [4.78, 5) is 22.8. The number of carbonyl (C=O) groups excluding carboxylic acids is 1. The molecule has 0 saturated heterocycles. The maximum absolute atomic E-state index is 12.0. The minimum absolute atomic E-state index is 0.00594. The van der Waals surface area contributed by atoms with Gasteiger partial charge in [-0.15, -0.1) is 0 Å². The molecular formula is C16H13NO3. The van der Waals surface area contributed by atoms with Crippen molar-refractivity contribution in [1.82, 2.24) is 0 Å². The van der Waals surface area contributed by atoms with Gasteiger partial charge in [-0.05, 0) is 23.8 Å². The quantitative estimate of drug-likeness (QED) is 0.507. The Balaban J connectivity index is 2.20. The molecule has 100 valence electrons. The Hall–Kier alpha value is -2.88. The fourth-order valence-corrected chi connectivity index (χ4v) is 1.74. The number of ketones is 1. The molecule has 0 aromatic heterocycles. The third-order valence-electron chi connectivity index (χ3n) is 2.79. The molecule has 3 N–H and O–H groups in total. The number of hydrogen-bond donors (Lipinski definition) is 2. The normalized spacial score (nSPS) is 10.6. The summed E-state index contributed by atoms with van der Waals surface area (Å²) in [5.74, 6) is -1.33. The minimum atomic E-state index is -1.11. The predicted octanol–water partition coefficient (Wildman–Crippen LogP) is 2.86. The molecule has 0 aliphatic rings. The van der Waals surface area contributed by atoms with Gasteiger partial charge >= 0.3 is 5.97 Å². The Bertz CT molecular complexity index is 675. The number of nitrogen functional groups attached to an aromatic ring is 1. The molecule has 0 aliphatic heterocycles. The van der Waals surface area contributed by atoms with Crippen LogP contribution in [-0.2, 0) is 0 Å². The lowest BCUT2D eigenvalue weighted by Gasteiger charge is -2.02. The molecule has 0 bridgehead atoms. The molecule has 0 radical (unpaired) electrons. The molecule has 0 fully saturated rings. The van der Waals surface area contributed by atoms with Gasteiger partial charge in [0.15, 0.2) is 5.78 Å². The van der Waals surface area contributed by atoms with Gasteiger partial charge in [0, 0.05) is 11.3 Å². The van der Waals surface area contributed by atoms with Crippen molar-refractivity contribution in [2.45, 2.75) is 0 Å². The summed E-state index contributed by atoms with van der Waals surface area (Å²) in [5, 5.41) is 8.87. The van der Waals surface area contributed by atoms with Crippen LogP contribution in [-0.4, -0.2) is 16.9 Å². The summed E-state index contributed by atoms with van der Waals surface area (Å²) in [7, 11) is 0. The molecule has 0 aliphatic carbocycles. The van der Waals surface area contributed by atoms with Gasteiger partial charge in [-0.1, -0.05) is 42.5 Å². The second kappa shape index (κ2) is 5.84. The summed E-state index contributed by atoms with van der Waals surface area (Å²) in [6.07, 6.45) is 3.13. The lowest BCUT2D eigenvalue weighted by atomic mass is 10.0. The van der Waals surface area contributed by atoms with Crippen LogP contribution in [0.5, 0.6) is 0 Å². The van der Waals surface area contributed by atoms with E-state index < -0.39 is 5.97 Å². The van der Waals surface area contributed by atoms with Gasteiger partial charge in [0.25, 0.3) is 0 Å². The van der Waals surface area contributed by atoms with Crippen molar-refractivity contribution in [3.63, 3.8) is 0 Å². The first-order valence-corrected chi connectivity index (χ1v) is 5.98. The highest BCUT2D eigenvalue weighted by Crippen LogP contribution is 2.15. The molecule has 4 heteroatoms. The number of nitrogens with two attached hydrogens (primary N) is 1. The molecular weight excluding hydrogens is 254 g/mol. The Kier molecular flexibility index (Phi) is 3.96. The molecule has 0 unspecified atom stereocenters. The molecule has 0 spiro atoms. The summed E-state index contributed by atoms with van der Waals surface area (Å²) in [5.41, 5.74) is 6.96. The molecule has 2 aromatic rings. The zero-order valence-corrected chi connectivity index (χ0v) is 10.6. The Morgan fingerprint density at radius 3 is 2.35 bits per heavy atom. The number of carboxylic acids is 1. The van der Waals surface area contributed by atoms with Crippen LogP contribution in [0.1, 0.15) is 26.3 Å². The molecule has 0 amide bonds. The van der Waals surface area contributed by atoms with E-state index >= 15 is 0 Å². The third-order valence-corrected chi connectivity index (χ3v) is 2.79. The van der Waals surface area contributed by atoms with Crippen LogP contribution in [0.15, 0.2) is 54.6 Å². The van der Waals surface area contributed by atoms with E-state index in [4.69, 9.17) is 10.8 Å². The van der Waals surface area contributed by atoms with E-state index in [1.807, 2.05) is 30.3 Å². The third kappa shape index (κ3) is 3.11. The van der Waals surface area contributed by atoms with Crippen molar-refractivity contribution in [2.24, 2.45) is 0 Å². The average Bonchev–Trinajstić information content (AvgIpc) is 2.45. The lowest BCUT2D eigenvalue weighted by Crippen LogP contribution is -2.04. The van der Waals surface area contributed by atoms with Gasteiger partial charge in [-0.2, -0.15) is 0 Å². The standard InChI is InChI=1S/C16H13NO3/c17-14-10-12(7-8-13(14)16(19)20)15(18)9-6-11-4-2-1-3-5-11/h1-10H,17H2,(H,19,20)/b9-6+. The van der Waals surface area contributed by atoms with Crippen molar-refractivity contribution >= 4 is 23.5 Å². The van der Waals surface area contributed by atoms with Crippen LogP contribution in [0, 0.1) is 0 Å². The summed E-state index contributed by atoms with van der Waals surface area (Å²) >= 11 is 0. The Morgan fingerprint density at radius 2 is 1.75 bits per heavy atom. The smallest absolute Gasteiger partial charge is 0.337 e. The molecule has 20 heavy (non-hydrogen) atoms. The maximum atomic E-state index is 12.0. The molecule has 2 aromatic carbocycles. The fraction of sp³-hybridized carbons (Fsp3) is 0. The van der Waals surface area contributed by atoms with Gasteiger partial charge in [0.05, 0.1) is 5.56 Å². The average molecular weight is 267 g/mol. The molecule has 0 heterocycles. The number of hydrogen-bond acceptors (Lipinski definition) is 3. The second-order valence-electron chi connectivity index (χ2n) is 4.22. The second-order valence-corrected chi connectivity index (χ2v) is 4.22. The van der Waals surface area contributed by atoms with Crippen LogP contribution >= 0.6 is 0 Å². The highest BCUT2D eigenvalue weighted by Gasteiger charge is 2.10. The summed E-state index contributed by atoms with van der Waals surface area (Å²) in [6, 6.07) is 13.6. The number of carboxylic acid groups (broad SMARTS) is 1. The van der Waals surface area contributed by atoms with Crippen molar-refractivity contribution < 1.29 is 14.7 Å². The predicted molar refractivity (Wildman–Crippen MR) is 77.6 cm³/mol. The highest BCUT2D eigenvalue weighted by molar-refractivity contribution is 6.08. The van der Waals surface area contributed by atoms with E-state index in [1.54, 1.807) is 6.08 Å². The number of benzene rings is 2. The van der Waals surface area contributed by atoms with E-state index in [0.29, 0.717) is 5.56 Å². The van der Waals surface area contributed by atoms with Crippen molar-refractivity contribution in [1.29, 1.82) is 0 Å². The summed E-state index contributed by atoms with van der Waals surface area (Å²) in [6.45, 7) is 0. The van der Waals surface area contributed by atoms with E-state index in [0.717, 1.165) is 5.56 Å². The van der Waals surface area contributed by atoms with Crippen LogP contribution in [0.25, 0.3) is 6.08 Å². The van der Waals surface area contributed by atoms with Crippen LogP contribution in [0.3, 0.4) is 0 Å². The fourth-order valence-electron chi connectivity index (χ4n) is 1.74. The first-order valence-electron chi connectivity index (χ1n) is 5.98. The molecule has 2 rings (SSSR count). The highest BCUT2D eigenvalue weighted by atomic mass is 16.4. The van der Waals surface area contributed by atoms with E-state index in [-0.39, 0.29) is 17.0 Å². The number of rotatable bonds is 4. The molecule has 0 saturated carbocycles. The van der Waals surface area contributed by atoms with Crippen molar-refractivity contribution in [3.8, 4) is 0 Å². The number of anilines is 1. The Morgan fingerprint density at radius 1 is 1.05 bits per heavy atom. The van der Waals surface area contributed by atoms with Gasteiger partial charge in [-0.3, -0.25) is 4.79 Å². The minimum Gasteiger partial charge on any atom is -0.478 e. The van der Waals surface area contributed by atoms with Crippen molar-refractivity contribution in [3.05, 3.63) is 71.3 Å². The van der Waals surface area contributed by atoms with Crippen molar-refractivity contribution in [2.75, 3.05) is 5.73 Å². The van der Waals surface area contributed by atoms with Gasteiger partial charge in [0.1, 0.15) is 0 Å². The first kappa shape index (κ1) is 13.5. The van der Waals surface area contributed by atoms with Crippen LogP contribution in [0.2, 0.25) is 0 Å². The largest absolute Gasteiger partial charge is 0.478 e. The van der Waals surface area contributed by atoms with E-state index in [9.17, 15) is 9.59 Å².